The predicted molar refractivity (Wildman–Crippen MR) is 86.4 cm³/mol. The third-order valence-corrected chi connectivity index (χ3v) is 3.57. The first kappa shape index (κ1) is 17.1. The highest BCUT2D eigenvalue weighted by Gasteiger charge is 2.33. The molecule has 1 aliphatic rings. The van der Waals surface area contributed by atoms with Gasteiger partial charge in [0.15, 0.2) is 0 Å². The van der Waals surface area contributed by atoms with E-state index in [4.69, 9.17) is 21.1 Å². The maximum Gasteiger partial charge on any atom is 0.338 e. The Bertz CT molecular complexity index is 613. The number of hydrogen-bond acceptors (Lipinski definition) is 4. The van der Waals surface area contributed by atoms with Gasteiger partial charge in [-0.1, -0.05) is 12.1 Å². The quantitative estimate of drug-likeness (QED) is 0.617. The summed E-state index contributed by atoms with van der Waals surface area (Å²) in [6.45, 7) is 4.42. The fourth-order valence-electron chi connectivity index (χ4n) is 2.35. The lowest BCUT2D eigenvalue weighted by Gasteiger charge is -2.28. The molecule has 0 fully saturated rings. The van der Waals surface area contributed by atoms with Crippen LogP contribution in [0.3, 0.4) is 0 Å². The number of nitrogens with one attached hydrogen (secondary N) is 2. The molecule has 0 saturated carbocycles. The third kappa shape index (κ3) is 3.96. The van der Waals surface area contributed by atoms with Crippen molar-refractivity contribution in [2.75, 3.05) is 19.1 Å². The minimum absolute atomic E-state index is 0.00902. The van der Waals surface area contributed by atoms with Crippen molar-refractivity contribution in [2.45, 2.75) is 19.9 Å². The van der Waals surface area contributed by atoms with Crippen LogP contribution in [0.25, 0.3) is 0 Å². The van der Waals surface area contributed by atoms with Crippen LogP contribution in [-0.2, 0) is 9.53 Å². The number of benzene rings is 1. The molecule has 0 aromatic heterocycles. The van der Waals surface area contributed by atoms with E-state index in [0.29, 0.717) is 17.9 Å². The SMILES string of the molecule is CCOC(=O)C1=C(CCl)NC(=O)N[C@H]1c1ccc(OCC)cc1. The molecule has 7 heteroatoms. The van der Waals surface area contributed by atoms with Gasteiger partial charge in [-0.15, -0.1) is 11.6 Å². The van der Waals surface area contributed by atoms with E-state index < -0.39 is 18.0 Å². The van der Waals surface area contributed by atoms with E-state index in [1.807, 2.05) is 6.92 Å². The van der Waals surface area contributed by atoms with Crippen LogP contribution in [0, 0.1) is 0 Å². The highest BCUT2D eigenvalue weighted by atomic mass is 35.5. The lowest BCUT2D eigenvalue weighted by atomic mass is 9.95. The summed E-state index contributed by atoms with van der Waals surface area (Å²) in [6.07, 6.45) is 0. The first-order valence-electron chi connectivity index (χ1n) is 7.37. The van der Waals surface area contributed by atoms with E-state index >= 15 is 0 Å². The number of rotatable bonds is 6. The van der Waals surface area contributed by atoms with Crippen LogP contribution in [0.2, 0.25) is 0 Å². The van der Waals surface area contributed by atoms with Gasteiger partial charge in [-0.2, -0.15) is 0 Å². The Balaban J connectivity index is 2.39. The van der Waals surface area contributed by atoms with Crippen LogP contribution >= 0.6 is 11.6 Å². The molecule has 1 aromatic rings. The van der Waals surface area contributed by atoms with Crippen LogP contribution in [-0.4, -0.2) is 31.1 Å². The highest BCUT2D eigenvalue weighted by molar-refractivity contribution is 6.20. The van der Waals surface area contributed by atoms with Gasteiger partial charge in [0.1, 0.15) is 5.75 Å². The summed E-state index contributed by atoms with van der Waals surface area (Å²) < 4.78 is 10.5. The fraction of sp³-hybridized carbons (Fsp3) is 0.375. The molecule has 0 radical (unpaired) electrons. The maximum absolute atomic E-state index is 12.3. The summed E-state index contributed by atoms with van der Waals surface area (Å²) in [4.78, 5) is 24.1. The summed E-state index contributed by atoms with van der Waals surface area (Å²) in [7, 11) is 0. The monoisotopic (exact) mass is 338 g/mol. The lowest BCUT2D eigenvalue weighted by molar-refractivity contribution is -0.139. The van der Waals surface area contributed by atoms with Crippen molar-refractivity contribution in [3.8, 4) is 5.75 Å². The smallest absolute Gasteiger partial charge is 0.338 e. The van der Waals surface area contributed by atoms with Gasteiger partial charge in [0.05, 0.1) is 30.7 Å². The van der Waals surface area contributed by atoms with Gasteiger partial charge in [-0.3, -0.25) is 0 Å². The van der Waals surface area contributed by atoms with E-state index in [-0.39, 0.29) is 12.5 Å². The largest absolute Gasteiger partial charge is 0.494 e. The minimum Gasteiger partial charge on any atom is -0.494 e. The molecule has 1 aliphatic heterocycles. The molecule has 6 nitrogen and oxygen atoms in total. The Kier molecular flexibility index (Phi) is 5.87. The Morgan fingerprint density at radius 1 is 1.22 bits per heavy atom. The number of amides is 2. The van der Waals surface area contributed by atoms with Gasteiger partial charge >= 0.3 is 12.0 Å². The van der Waals surface area contributed by atoms with Crippen LogP contribution in [0.5, 0.6) is 5.75 Å². The number of hydrogen-bond donors (Lipinski definition) is 2. The summed E-state index contributed by atoms with van der Waals surface area (Å²) in [6, 6.07) is 6.14. The van der Waals surface area contributed by atoms with E-state index in [9.17, 15) is 9.59 Å². The van der Waals surface area contributed by atoms with Crippen molar-refractivity contribution in [3.63, 3.8) is 0 Å². The molecule has 2 amide bonds. The van der Waals surface area contributed by atoms with Crippen molar-refractivity contribution in [3.05, 3.63) is 41.1 Å². The van der Waals surface area contributed by atoms with Crippen LogP contribution in [0.15, 0.2) is 35.5 Å². The standard InChI is InChI=1S/C16H19ClN2O4/c1-3-22-11-7-5-10(6-8-11)14-13(15(20)23-4-2)12(9-17)18-16(21)19-14/h5-8,14H,3-4,9H2,1-2H3,(H2,18,19,21)/t14-/m0/s1. The predicted octanol–water partition coefficient (Wildman–Crippen LogP) is 2.50. The zero-order chi connectivity index (χ0) is 16.8. The average molecular weight is 339 g/mol. The molecule has 0 unspecified atom stereocenters. The number of carbonyl (C=O) groups is 2. The lowest BCUT2D eigenvalue weighted by Crippen LogP contribution is -2.46. The second-order valence-electron chi connectivity index (χ2n) is 4.78. The zero-order valence-corrected chi connectivity index (χ0v) is 13.8. The van der Waals surface area contributed by atoms with Gasteiger partial charge in [-0.05, 0) is 31.5 Å². The Morgan fingerprint density at radius 2 is 1.91 bits per heavy atom. The molecule has 0 spiro atoms. The van der Waals surface area contributed by atoms with Crippen molar-refractivity contribution in [1.82, 2.24) is 10.6 Å². The van der Waals surface area contributed by atoms with Crippen molar-refractivity contribution < 1.29 is 19.1 Å². The van der Waals surface area contributed by atoms with Gasteiger partial charge < -0.3 is 20.1 Å². The number of carbonyl (C=O) groups excluding carboxylic acids is 2. The molecule has 2 N–H and O–H groups in total. The normalized spacial score (nSPS) is 17.3. The molecule has 1 aromatic carbocycles. The molecule has 0 bridgehead atoms. The average Bonchev–Trinajstić information content (AvgIpc) is 2.55. The van der Waals surface area contributed by atoms with Gasteiger partial charge in [0.2, 0.25) is 0 Å². The van der Waals surface area contributed by atoms with Crippen molar-refractivity contribution in [2.24, 2.45) is 0 Å². The van der Waals surface area contributed by atoms with Gasteiger partial charge in [0, 0.05) is 5.70 Å². The third-order valence-electron chi connectivity index (χ3n) is 3.31. The second kappa shape index (κ2) is 7.87. The zero-order valence-electron chi connectivity index (χ0n) is 13.0. The van der Waals surface area contributed by atoms with Gasteiger partial charge in [-0.25, -0.2) is 9.59 Å². The molecular formula is C16H19ClN2O4. The Hall–Kier alpha value is -2.21. The molecule has 23 heavy (non-hydrogen) atoms. The van der Waals surface area contributed by atoms with Crippen molar-refractivity contribution >= 4 is 23.6 Å². The molecule has 0 aliphatic carbocycles. The topological polar surface area (TPSA) is 76.7 Å². The van der Waals surface area contributed by atoms with Crippen LogP contribution in [0.1, 0.15) is 25.5 Å². The first-order chi connectivity index (χ1) is 11.1. The van der Waals surface area contributed by atoms with Crippen molar-refractivity contribution in [1.29, 1.82) is 0 Å². The number of alkyl halides is 1. The maximum atomic E-state index is 12.3. The van der Waals surface area contributed by atoms with E-state index in [0.717, 1.165) is 11.3 Å². The van der Waals surface area contributed by atoms with E-state index in [1.54, 1.807) is 31.2 Å². The number of allylic oxidation sites excluding steroid dienone is 1. The number of esters is 1. The molecule has 1 atom stereocenters. The summed E-state index contributed by atoms with van der Waals surface area (Å²) >= 11 is 5.88. The van der Waals surface area contributed by atoms with E-state index in [2.05, 4.69) is 10.6 Å². The number of ether oxygens (including phenoxy) is 2. The summed E-state index contributed by atoms with van der Waals surface area (Å²) in [5.41, 5.74) is 1.41. The Labute approximate surface area is 139 Å². The minimum atomic E-state index is -0.618. The molecular weight excluding hydrogens is 320 g/mol. The molecule has 1 heterocycles. The number of urea groups is 1. The molecule has 2 rings (SSSR count). The Morgan fingerprint density at radius 3 is 2.48 bits per heavy atom. The van der Waals surface area contributed by atoms with Crippen LogP contribution < -0.4 is 15.4 Å². The molecule has 124 valence electrons. The van der Waals surface area contributed by atoms with Crippen LogP contribution in [0.4, 0.5) is 4.79 Å². The van der Waals surface area contributed by atoms with Gasteiger partial charge in [0.25, 0.3) is 0 Å². The molecule has 0 saturated heterocycles. The number of halogens is 1. The van der Waals surface area contributed by atoms with E-state index in [1.165, 1.54) is 0 Å². The highest BCUT2D eigenvalue weighted by Crippen LogP contribution is 2.29. The second-order valence-corrected chi connectivity index (χ2v) is 5.05. The summed E-state index contributed by atoms with van der Waals surface area (Å²) in [5, 5.41) is 5.29. The fourth-order valence-corrected chi connectivity index (χ4v) is 2.56. The summed E-state index contributed by atoms with van der Waals surface area (Å²) in [5.74, 6) is 0.222. The first-order valence-corrected chi connectivity index (χ1v) is 7.90.